The van der Waals surface area contributed by atoms with E-state index in [-0.39, 0.29) is 0 Å². The molecule has 0 amide bonds. The van der Waals surface area contributed by atoms with Gasteiger partial charge in [-0.05, 0) is 24.6 Å². The minimum absolute atomic E-state index is 0.423. The molecule has 0 heterocycles. The average molecular weight is 178 g/mol. The van der Waals surface area contributed by atoms with Crippen molar-refractivity contribution in [2.45, 2.75) is 13.0 Å². The summed E-state index contributed by atoms with van der Waals surface area (Å²) < 4.78 is 5.29. The Morgan fingerprint density at radius 3 is 2.54 bits per heavy atom. The largest absolute Gasteiger partial charge is 0.490 e. The maximum absolute atomic E-state index is 9.23. The molecule has 0 spiro atoms. The van der Waals surface area contributed by atoms with Gasteiger partial charge in [-0.15, -0.1) is 0 Å². The van der Waals surface area contributed by atoms with Crippen LogP contribution in [0.25, 0.3) is 0 Å². The molecule has 0 aromatic heterocycles. The summed E-state index contributed by atoms with van der Waals surface area (Å²) in [4.78, 5) is 0. The maximum Gasteiger partial charge on any atom is 0.119 e. The van der Waals surface area contributed by atoms with Gasteiger partial charge in [0.15, 0.2) is 0 Å². The van der Waals surface area contributed by atoms with Gasteiger partial charge in [0.25, 0.3) is 0 Å². The third kappa shape index (κ3) is 2.92. The second kappa shape index (κ2) is 4.67. The molecule has 1 aromatic carbocycles. The summed E-state index contributed by atoms with van der Waals surface area (Å²) in [5.74, 6) is 0.796. The van der Waals surface area contributed by atoms with E-state index in [0.29, 0.717) is 6.61 Å². The van der Waals surface area contributed by atoms with Crippen LogP contribution in [0.5, 0.6) is 5.75 Å². The topological polar surface area (TPSA) is 29.5 Å². The Hall–Kier alpha value is -1.28. The molecule has 1 aromatic rings. The van der Waals surface area contributed by atoms with Gasteiger partial charge in [0, 0.05) is 0 Å². The highest BCUT2D eigenvalue weighted by Crippen LogP contribution is 2.16. The molecule has 0 radical (unpaired) electrons. The molecule has 0 saturated carbocycles. The Balaban J connectivity index is 2.64. The van der Waals surface area contributed by atoms with Crippen molar-refractivity contribution in [2.75, 3.05) is 6.61 Å². The minimum atomic E-state index is -0.423. The summed E-state index contributed by atoms with van der Waals surface area (Å²) in [5.41, 5.74) is 0.894. The van der Waals surface area contributed by atoms with Crippen LogP contribution in [-0.2, 0) is 0 Å². The maximum atomic E-state index is 9.23. The van der Waals surface area contributed by atoms with E-state index in [2.05, 4.69) is 6.58 Å². The molecule has 2 heteroatoms. The van der Waals surface area contributed by atoms with Crippen LogP contribution < -0.4 is 4.74 Å². The van der Waals surface area contributed by atoms with Crippen molar-refractivity contribution in [1.29, 1.82) is 0 Å². The van der Waals surface area contributed by atoms with Crippen molar-refractivity contribution in [3.63, 3.8) is 0 Å². The molecule has 0 bridgehead atoms. The molecule has 1 atom stereocenters. The molecule has 0 fully saturated rings. The Morgan fingerprint density at radius 2 is 2.08 bits per heavy atom. The van der Waals surface area contributed by atoms with Gasteiger partial charge in [0.1, 0.15) is 12.4 Å². The zero-order chi connectivity index (χ0) is 9.68. The van der Waals surface area contributed by atoms with Crippen LogP contribution >= 0.6 is 0 Å². The SMILES string of the molecule is C=CCOc1ccc([C@@H](C)O)cc1. The van der Waals surface area contributed by atoms with E-state index in [9.17, 15) is 5.11 Å². The second-order valence-electron chi connectivity index (χ2n) is 2.84. The van der Waals surface area contributed by atoms with Crippen molar-refractivity contribution >= 4 is 0 Å². The fourth-order valence-corrected chi connectivity index (χ4v) is 0.998. The molecule has 0 aliphatic carbocycles. The van der Waals surface area contributed by atoms with Gasteiger partial charge in [0.2, 0.25) is 0 Å². The lowest BCUT2D eigenvalue weighted by Gasteiger charge is -2.06. The molecule has 13 heavy (non-hydrogen) atoms. The monoisotopic (exact) mass is 178 g/mol. The van der Waals surface area contributed by atoms with Crippen LogP contribution in [0.2, 0.25) is 0 Å². The number of aliphatic hydroxyl groups is 1. The summed E-state index contributed by atoms with van der Waals surface area (Å²) in [7, 11) is 0. The highest BCUT2D eigenvalue weighted by molar-refractivity contribution is 5.28. The predicted molar refractivity (Wildman–Crippen MR) is 52.8 cm³/mol. The number of hydrogen-bond donors (Lipinski definition) is 1. The van der Waals surface area contributed by atoms with Crippen molar-refractivity contribution in [3.8, 4) is 5.75 Å². The first kappa shape index (κ1) is 9.81. The van der Waals surface area contributed by atoms with E-state index in [0.717, 1.165) is 11.3 Å². The second-order valence-corrected chi connectivity index (χ2v) is 2.84. The Bertz CT molecular complexity index is 262. The zero-order valence-corrected chi connectivity index (χ0v) is 7.73. The number of aliphatic hydroxyl groups excluding tert-OH is 1. The van der Waals surface area contributed by atoms with Gasteiger partial charge in [-0.1, -0.05) is 24.8 Å². The molecule has 1 rings (SSSR count). The summed E-state index contributed by atoms with van der Waals surface area (Å²) >= 11 is 0. The Kier molecular flexibility index (Phi) is 3.53. The van der Waals surface area contributed by atoms with E-state index < -0.39 is 6.10 Å². The van der Waals surface area contributed by atoms with Crippen molar-refractivity contribution in [2.24, 2.45) is 0 Å². The van der Waals surface area contributed by atoms with Gasteiger partial charge < -0.3 is 9.84 Å². The molecule has 70 valence electrons. The van der Waals surface area contributed by atoms with E-state index in [1.807, 2.05) is 24.3 Å². The van der Waals surface area contributed by atoms with Crippen molar-refractivity contribution in [3.05, 3.63) is 42.5 Å². The summed E-state index contributed by atoms with van der Waals surface area (Å²) in [6, 6.07) is 7.38. The quantitative estimate of drug-likeness (QED) is 0.717. The first-order chi connectivity index (χ1) is 6.24. The zero-order valence-electron chi connectivity index (χ0n) is 7.73. The van der Waals surface area contributed by atoms with Gasteiger partial charge in [-0.2, -0.15) is 0 Å². The molecule has 2 nitrogen and oxygen atoms in total. The van der Waals surface area contributed by atoms with Crippen molar-refractivity contribution < 1.29 is 9.84 Å². The standard InChI is InChI=1S/C11H14O2/c1-3-8-13-11-6-4-10(5-7-11)9(2)12/h3-7,9,12H,1,8H2,2H3/t9-/m1/s1. The molecule has 0 aliphatic rings. The van der Waals surface area contributed by atoms with Crippen LogP contribution in [0, 0.1) is 0 Å². The summed E-state index contributed by atoms with van der Waals surface area (Å²) in [5, 5.41) is 9.23. The van der Waals surface area contributed by atoms with E-state index in [1.54, 1.807) is 13.0 Å². The normalized spacial score (nSPS) is 12.2. The van der Waals surface area contributed by atoms with Gasteiger partial charge in [-0.3, -0.25) is 0 Å². The minimum Gasteiger partial charge on any atom is -0.490 e. The molecular formula is C11H14O2. The molecular weight excluding hydrogens is 164 g/mol. The van der Waals surface area contributed by atoms with Crippen LogP contribution in [0.15, 0.2) is 36.9 Å². The summed E-state index contributed by atoms with van der Waals surface area (Å²) in [6.07, 6.45) is 1.27. The van der Waals surface area contributed by atoms with Crippen LogP contribution in [-0.4, -0.2) is 11.7 Å². The third-order valence-corrected chi connectivity index (χ3v) is 1.73. The highest BCUT2D eigenvalue weighted by Gasteiger charge is 1.99. The lowest BCUT2D eigenvalue weighted by atomic mass is 10.1. The number of benzene rings is 1. The number of ether oxygens (including phenoxy) is 1. The fraction of sp³-hybridized carbons (Fsp3) is 0.273. The Morgan fingerprint density at radius 1 is 1.46 bits per heavy atom. The van der Waals surface area contributed by atoms with E-state index in [1.165, 1.54) is 0 Å². The number of hydrogen-bond acceptors (Lipinski definition) is 2. The van der Waals surface area contributed by atoms with Gasteiger partial charge >= 0.3 is 0 Å². The molecule has 0 aliphatic heterocycles. The van der Waals surface area contributed by atoms with Crippen molar-refractivity contribution in [1.82, 2.24) is 0 Å². The predicted octanol–water partition coefficient (Wildman–Crippen LogP) is 2.30. The van der Waals surface area contributed by atoms with Crippen LogP contribution in [0.3, 0.4) is 0 Å². The highest BCUT2D eigenvalue weighted by atomic mass is 16.5. The smallest absolute Gasteiger partial charge is 0.119 e. The number of rotatable bonds is 4. The molecule has 0 saturated heterocycles. The fourth-order valence-electron chi connectivity index (χ4n) is 0.998. The first-order valence-electron chi connectivity index (χ1n) is 4.25. The lowest BCUT2D eigenvalue weighted by Crippen LogP contribution is -1.94. The molecule has 0 unspecified atom stereocenters. The average Bonchev–Trinajstić information content (AvgIpc) is 2.15. The van der Waals surface area contributed by atoms with Gasteiger partial charge in [-0.25, -0.2) is 0 Å². The Labute approximate surface area is 78.5 Å². The van der Waals surface area contributed by atoms with Crippen LogP contribution in [0.4, 0.5) is 0 Å². The lowest BCUT2D eigenvalue weighted by molar-refractivity contribution is 0.199. The van der Waals surface area contributed by atoms with Crippen LogP contribution in [0.1, 0.15) is 18.6 Å². The summed E-state index contributed by atoms with van der Waals surface area (Å²) in [6.45, 7) is 5.80. The first-order valence-corrected chi connectivity index (χ1v) is 4.25. The van der Waals surface area contributed by atoms with E-state index in [4.69, 9.17) is 4.74 Å². The van der Waals surface area contributed by atoms with E-state index >= 15 is 0 Å². The van der Waals surface area contributed by atoms with Gasteiger partial charge in [0.05, 0.1) is 6.10 Å². The molecule has 1 N–H and O–H groups in total. The third-order valence-electron chi connectivity index (χ3n) is 1.73.